The number of aryl methyl sites for hydroxylation is 1. The number of hydrogen-bond donors (Lipinski definition) is 1. The lowest BCUT2D eigenvalue weighted by Crippen LogP contribution is -2.54. The maximum atomic E-state index is 14.2. The molecule has 3 aromatic carbocycles. The molecule has 1 unspecified atom stereocenters. The van der Waals surface area contributed by atoms with Crippen LogP contribution in [0.5, 0.6) is 0 Å². The molecule has 0 fully saturated rings. The lowest BCUT2D eigenvalue weighted by Gasteiger charge is -2.34. The van der Waals surface area contributed by atoms with Crippen molar-refractivity contribution in [3.05, 3.63) is 106 Å². The van der Waals surface area contributed by atoms with Crippen molar-refractivity contribution < 1.29 is 14.0 Å². The van der Waals surface area contributed by atoms with E-state index in [9.17, 15) is 14.0 Å². The van der Waals surface area contributed by atoms with Crippen molar-refractivity contribution in [3.63, 3.8) is 0 Å². The van der Waals surface area contributed by atoms with E-state index in [0.29, 0.717) is 17.0 Å². The zero-order valence-corrected chi connectivity index (χ0v) is 23.3. The standard InChI is InChI=1S/C30H34ClFN2O2S/c1-21-13-15-23(16-14-21)18-34(28(35)20-37-19-24-25(31)11-8-12-26(24)32)27(29(36)33-30(2,3)4)17-22-9-6-5-7-10-22/h5-16,27H,17-20H2,1-4H3,(H,33,36). The Morgan fingerprint density at radius 1 is 0.973 bits per heavy atom. The molecule has 1 N–H and O–H groups in total. The van der Waals surface area contributed by atoms with E-state index in [4.69, 9.17) is 11.6 Å². The third kappa shape index (κ3) is 8.90. The minimum absolute atomic E-state index is 0.0879. The maximum absolute atomic E-state index is 14.2. The Balaban J connectivity index is 1.88. The number of hydrogen-bond acceptors (Lipinski definition) is 3. The van der Waals surface area contributed by atoms with Gasteiger partial charge in [0.1, 0.15) is 11.9 Å². The van der Waals surface area contributed by atoms with Crippen molar-refractivity contribution in [2.45, 2.75) is 58.0 Å². The lowest BCUT2D eigenvalue weighted by atomic mass is 10.0. The summed E-state index contributed by atoms with van der Waals surface area (Å²) in [6.45, 7) is 8.06. The van der Waals surface area contributed by atoms with Gasteiger partial charge in [0.2, 0.25) is 11.8 Å². The summed E-state index contributed by atoms with van der Waals surface area (Å²) in [5, 5.41) is 3.40. The first kappa shape index (κ1) is 28.7. The normalized spacial score (nSPS) is 12.2. The molecule has 3 aromatic rings. The lowest BCUT2D eigenvalue weighted by molar-refractivity contribution is -0.140. The van der Waals surface area contributed by atoms with Crippen LogP contribution in [0.15, 0.2) is 72.8 Å². The number of nitrogens with one attached hydrogen (secondary N) is 1. The molecular formula is C30H34ClFN2O2S. The number of carbonyl (C=O) groups is 2. The first-order valence-corrected chi connectivity index (χ1v) is 13.8. The molecule has 0 aromatic heterocycles. The third-order valence-corrected chi connectivity index (χ3v) is 7.07. The van der Waals surface area contributed by atoms with E-state index < -0.39 is 17.4 Å². The first-order chi connectivity index (χ1) is 17.5. The number of benzene rings is 3. The van der Waals surface area contributed by atoms with E-state index in [-0.39, 0.29) is 29.9 Å². The predicted octanol–water partition coefficient (Wildman–Crippen LogP) is 6.58. The fourth-order valence-corrected chi connectivity index (χ4v) is 5.14. The van der Waals surface area contributed by atoms with E-state index in [1.807, 2.05) is 82.3 Å². The van der Waals surface area contributed by atoms with Crippen LogP contribution >= 0.6 is 23.4 Å². The summed E-state index contributed by atoms with van der Waals surface area (Å²) in [4.78, 5) is 28.9. The molecule has 0 bridgehead atoms. The van der Waals surface area contributed by atoms with Crippen LogP contribution in [0, 0.1) is 12.7 Å². The largest absolute Gasteiger partial charge is 0.350 e. The second kappa shape index (κ2) is 13.1. The summed E-state index contributed by atoms with van der Waals surface area (Å²) in [6, 6.07) is 21.5. The van der Waals surface area contributed by atoms with Crippen LogP contribution in [0.3, 0.4) is 0 Å². The molecule has 4 nitrogen and oxygen atoms in total. The van der Waals surface area contributed by atoms with Crippen LogP contribution < -0.4 is 5.32 Å². The van der Waals surface area contributed by atoms with Gasteiger partial charge in [-0.15, -0.1) is 11.8 Å². The van der Waals surface area contributed by atoms with E-state index in [0.717, 1.165) is 16.7 Å². The van der Waals surface area contributed by atoms with E-state index in [2.05, 4.69) is 5.32 Å². The number of nitrogens with zero attached hydrogens (tertiary/aromatic N) is 1. The van der Waals surface area contributed by atoms with Gasteiger partial charge in [-0.05, 0) is 51.0 Å². The highest BCUT2D eigenvalue weighted by Crippen LogP contribution is 2.25. The van der Waals surface area contributed by atoms with E-state index in [1.54, 1.807) is 17.0 Å². The van der Waals surface area contributed by atoms with Gasteiger partial charge in [-0.25, -0.2) is 4.39 Å². The molecule has 0 aliphatic heterocycles. The zero-order chi connectivity index (χ0) is 27.0. The molecule has 0 radical (unpaired) electrons. The Morgan fingerprint density at radius 2 is 1.65 bits per heavy atom. The van der Waals surface area contributed by atoms with E-state index in [1.165, 1.54) is 17.8 Å². The highest BCUT2D eigenvalue weighted by atomic mass is 35.5. The molecule has 2 amide bonds. The maximum Gasteiger partial charge on any atom is 0.243 e. The van der Waals surface area contributed by atoms with Gasteiger partial charge in [-0.3, -0.25) is 9.59 Å². The highest BCUT2D eigenvalue weighted by molar-refractivity contribution is 7.99. The fraction of sp³-hybridized carbons (Fsp3) is 0.333. The fourth-order valence-electron chi connectivity index (χ4n) is 3.89. The zero-order valence-electron chi connectivity index (χ0n) is 21.8. The summed E-state index contributed by atoms with van der Waals surface area (Å²) in [7, 11) is 0. The van der Waals surface area contributed by atoms with Gasteiger partial charge < -0.3 is 10.2 Å². The Bertz CT molecular complexity index is 1180. The number of carbonyl (C=O) groups excluding carboxylic acids is 2. The van der Waals surface area contributed by atoms with Gasteiger partial charge >= 0.3 is 0 Å². The van der Waals surface area contributed by atoms with Crippen molar-refractivity contribution in [1.29, 1.82) is 0 Å². The number of amides is 2. The molecule has 0 saturated heterocycles. The number of rotatable bonds is 10. The minimum atomic E-state index is -0.715. The molecule has 0 aliphatic carbocycles. The van der Waals surface area contributed by atoms with Crippen LogP contribution in [0.1, 0.15) is 43.0 Å². The molecule has 196 valence electrons. The summed E-state index contributed by atoms with van der Waals surface area (Å²) in [6.07, 6.45) is 0.379. The molecule has 37 heavy (non-hydrogen) atoms. The second-order valence-electron chi connectivity index (χ2n) is 10.1. The molecule has 7 heteroatoms. The molecule has 1 atom stereocenters. The SMILES string of the molecule is Cc1ccc(CN(C(=O)CSCc2c(F)cccc2Cl)C(Cc2ccccc2)C(=O)NC(C)(C)C)cc1. The van der Waals surface area contributed by atoms with E-state index >= 15 is 0 Å². The van der Waals surface area contributed by atoms with Crippen molar-refractivity contribution in [2.24, 2.45) is 0 Å². The van der Waals surface area contributed by atoms with Crippen LogP contribution in [0.4, 0.5) is 4.39 Å². The van der Waals surface area contributed by atoms with Crippen LogP contribution in [0.2, 0.25) is 5.02 Å². The Kier molecular flexibility index (Phi) is 10.2. The first-order valence-electron chi connectivity index (χ1n) is 12.2. The van der Waals surface area contributed by atoms with Gasteiger partial charge in [0, 0.05) is 34.8 Å². The third-order valence-electron chi connectivity index (χ3n) is 5.78. The van der Waals surface area contributed by atoms with Crippen LogP contribution in [0.25, 0.3) is 0 Å². The Labute approximate surface area is 228 Å². The van der Waals surface area contributed by atoms with Gasteiger partial charge in [0.05, 0.1) is 5.75 Å². The highest BCUT2D eigenvalue weighted by Gasteiger charge is 2.32. The number of thioether (sulfide) groups is 1. The molecular weight excluding hydrogens is 507 g/mol. The van der Waals surface area contributed by atoms with Gasteiger partial charge in [-0.1, -0.05) is 77.8 Å². The van der Waals surface area contributed by atoms with Crippen molar-refractivity contribution in [3.8, 4) is 0 Å². The topological polar surface area (TPSA) is 49.4 Å². The minimum Gasteiger partial charge on any atom is -0.350 e. The smallest absolute Gasteiger partial charge is 0.243 e. The van der Waals surface area contributed by atoms with Gasteiger partial charge in [0.15, 0.2) is 0 Å². The van der Waals surface area contributed by atoms with Crippen molar-refractivity contribution in [1.82, 2.24) is 10.2 Å². The van der Waals surface area contributed by atoms with Gasteiger partial charge in [0.25, 0.3) is 0 Å². The average molecular weight is 541 g/mol. The van der Waals surface area contributed by atoms with Crippen LogP contribution in [-0.2, 0) is 28.3 Å². The van der Waals surface area contributed by atoms with Gasteiger partial charge in [-0.2, -0.15) is 0 Å². The molecule has 0 saturated carbocycles. The summed E-state index contributed by atoms with van der Waals surface area (Å²) in [5.74, 6) is -0.449. The molecule has 0 spiro atoms. The average Bonchev–Trinajstić information content (AvgIpc) is 2.83. The predicted molar refractivity (Wildman–Crippen MR) is 151 cm³/mol. The second-order valence-corrected chi connectivity index (χ2v) is 11.5. The quantitative estimate of drug-likeness (QED) is 0.316. The van der Waals surface area contributed by atoms with Crippen LogP contribution in [-0.4, -0.2) is 34.0 Å². The monoisotopic (exact) mass is 540 g/mol. The Morgan fingerprint density at radius 3 is 2.27 bits per heavy atom. The molecule has 0 heterocycles. The Hall–Kier alpha value is -2.83. The van der Waals surface area contributed by atoms with Crippen molar-refractivity contribution in [2.75, 3.05) is 5.75 Å². The summed E-state index contributed by atoms with van der Waals surface area (Å²) >= 11 is 7.45. The summed E-state index contributed by atoms with van der Waals surface area (Å²) in [5.41, 5.74) is 2.93. The molecule has 0 aliphatic rings. The molecule has 3 rings (SSSR count). The number of halogens is 2. The summed E-state index contributed by atoms with van der Waals surface area (Å²) < 4.78 is 14.2. The van der Waals surface area contributed by atoms with Crippen molar-refractivity contribution >= 4 is 35.2 Å².